The van der Waals surface area contributed by atoms with E-state index in [0.29, 0.717) is 12.1 Å². The maximum Gasteiger partial charge on any atom is 0.326 e. The van der Waals surface area contributed by atoms with Gasteiger partial charge in [0, 0.05) is 17.3 Å². The van der Waals surface area contributed by atoms with Crippen molar-refractivity contribution in [2.24, 2.45) is 5.92 Å². The van der Waals surface area contributed by atoms with Crippen molar-refractivity contribution in [3.8, 4) is 6.07 Å². The Morgan fingerprint density at radius 2 is 2.38 bits per heavy atom. The van der Waals surface area contributed by atoms with Crippen LogP contribution in [0.15, 0.2) is 11.4 Å². The summed E-state index contributed by atoms with van der Waals surface area (Å²) in [5, 5.41) is 10.9. The van der Waals surface area contributed by atoms with Crippen LogP contribution in [-0.2, 0) is 16.0 Å². The van der Waals surface area contributed by atoms with Crippen molar-refractivity contribution in [1.82, 2.24) is 4.90 Å². The number of aryl methyl sites for hydroxylation is 1. The number of hydrogen-bond donors (Lipinski definition) is 0. The summed E-state index contributed by atoms with van der Waals surface area (Å²) >= 11 is 1.58. The van der Waals surface area contributed by atoms with E-state index in [2.05, 4.69) is 0 Å². The molecule has 1 aliphatic heterocycles. The number of esters is 1. The molecule has 1 saturated carbocycles. The van der Waals surface area contributed by atoms with Crippen molar-refractivity contribution >= 4 is 23.2 Å². The van der Waals surface area contributed by atoms with Crippen molar-refractivity contribution < 1.29 is 14.3 Å². The number of amides is 1. The molecule has 21 heavy (non-hydrogen) atoms. The molecule has 1 amide bonds. The Hall–Kier alpha value is -1.87. The summed E-state index contributed by atoms with van der Waals surface area (Å²) in [6.45, 7) is 0.481. The van der Waals surface area contributed by atoms with Crippen LogP contribution in [-0.4, -0.2) is 36.0 Å². The van der Waals surface area contributed by atoms with Crippen LogP contribution in [0.4, 0.5) is 0 Å². The molecule has 0 aromatic carbocycles. The Morgan fingerprint density at radius 3 is 3.10 bits per heavy atom. The molecule has 0 spiro atoms. The van der Waals surface area contributed by atoms with Crippen LogP contribution in [0.3, 0.4) is 0 Å². The van der Waals surface area contributed by atoms with Gasteiger partial charge >= 0.3 is 5.97 Å². The first-order valence-corrected chi connectivity index (χ1v) is 8.01. The van der Waals surface area contributed by atoms with E-state index < -0.39 is 12.1 Å². The van der Waals surface area contributed by atoms with Gasteiger partial charge in [0.2, 0.25) is 0 Å². The molecule has 110 valence electrons. The standard InChI is InChI=1S/C15H16N2O3S/c16-8-12(10-3-4-10)20-14(18)9-17-6-1-2-13-11(15(17)19)5-7-21-13/h5,7,10,12H,1-4,6,9H2/t12-/m0/s1. The first-order valence-electron chi connectivity index (χ1n) is 7.14. The number of ether oxygens (including phenoxy) is 1. The number of carbonyl (C=O) groups excluding carboxylic acids is 2. The molecule has 0 saturated heterocycles. The quantitative estimate of drug-likeness (QED) is 0.798. The molecule has 2 heterocycles. The van der Waals surface area contributed by atoms with E-state index in [1.165, 1.54) is 4.90 Å². The van der Waals surface area contributed by atoms with Gasteiger partial charge in [0.15, 0.2) is 6.10 Å². The predicted octanol–water partition coefficient (Wildman–Crippen LogP) is 1.98. The van der Waals surface area contributed by atoms with Crippen molar-refractivity contribution in [3.05, 3.63) is 21.9 Å². The maximum atomic E-state index is 12.4. The molecule has 1 aliphatic carbocycles. The predicted molar refractivity (Wildman–Crippen MR) is 76.8 cm³/mol. The molecule has 0 radical (unpaired) electrons. The van der Waals surface area contributed by atoms with E-state index in [9.17, 15) is 9.59 Å². The normalized spacial score (nSPS) is 19.4. The molecular weight excluding hydrogens is 288 g/mol. The van der Waals surface area contributed by atoms with Crippen molar-refractivity contribution in [1.29, 1.82) is 5.26 Å². The number of carbonyl (C=O) groups is 2. The summed E-state index contributed by atoms with van der Waals surface area (Å²) < 4.78 is 5.19. The summed E-state index contributed by atoms with van der Waals surface area (Å²) in [6, 6.07) is 3.84. The molecule has 3 rings (SSSR count). The molecule has 1 aromatic rings. The lowest BCUT2D eigenvalue weighted by atomic mass is 10.2. The highest BCUT2D eigenvalue weighted by Gasteiger charge is 2.35. The topological polar surface area (TPSA) is 70.4 Å². The van der Waals surface area contributed by atoms with Crippen LogP contribution in [0.5, 0.6) is 0 Å². The lowest BCUT2D eigenvalue weighted by Gasteiger charge is -2.20. The zero-order chi connectivity index (χ0) is 14.8. The highest BCUT2D eigenvalue weighted by atomic mass is 32.1. The highest BCUT2D eigenvalue weighted by molar-refractivity contribution is 7.10. The monoisotopic (exact) mass is 304 g/mol. The fourth-order valence-corrected chi connectivity index (χ4v) is 3.45. The number of nitrogens with zero attached hydrogens (tertiary/aromatic N) is 2. The van der Waals surface area contributed by atoms with Crippen LogP contribution >= 0.6 is 11.3 Å². The van der Waals surface area contributed by atoms with Crippen LogP contribution in [0.1, 0.15) is 34.5 Å². The second-order valence-corrected chi connectivity index (χ2v) is 6.47. The van der Waals surface area contributed by atoms with E-state index >= 15 is 0 Å². The van der Waals surface area contributed by atoms with Crippen molar-refractivity contribution in [3.63, 3.8) is 0 Å². The van der Waals surface area contributed by atoms with E-state index in [-0.39, 0.29) is 18.4 Å². The van der Waals surface area contributed by atoms with Gasteiger partial charge in [0.1, 0.15) is 12.6 Å². The summed E-state index contributed by atoms with van der Waals surface area (Å²) in [7, 11) is 0. The third kappa shape index (κ3) is 3.08. The second-order valence-electron chi connectivity index (χ2n) is 5.46. The second kappa shape index (κ2) is 5.86. The average Bonchev–Trinajstić information content (AvgIpc) is 3.23. The molecule has 0 bridgehead atoms. The van der Waals surface area contributed by atoms with Gasteiger partial charge in [-0.2, -0.15) is 5.26 Å². The molecule has 1 fully saturated rings. The Kier molecular flexibility index (Phi) is 3.93. The molecule has 0 N–H and O–H groups in total. The van der Waals surface area contributed by atoms with Crippen LogP contribution in [0.25, 0.3) is 0 Å². The smallest absolute Gasteiger partial charge is 0.326 e. The average molecular weight is 304 g/mol. The van der Waals surface area contributed by atoms with E-state index in [1.807, 2.05) is 17.5 Å². The van der Waals surface area contributed by atoms with Gasteiger partial charge in [-0.3, -0.25) is 9.59 Å². The molecule has 0 unspecified atom stereocenters. The Labute approximate surface area is 127 Å². The van der Waals surface area contributed by atoms with E-state index in [4.69, 9.17) is 10.00 Å². The number of fused-ring (bicyclic) bond motifs is 1. The van der Waals surface area contributed by atoms with E-state index in [0.717, 1.165) is 30.6 Å². The van der Waals surface area contributed by atoms with Gasteiger partial charge in [0.25, 0.3) is 5.91 Å². The number of hydrogen-bond acceptors (Lipinski definition) is 5. The SMILES string of the molecule is N#C[C@H](OC(=O)CN1CCCc2sccc2C1=O)C1CC1. The van der Waals surface area contributed by atoms with Gasteiger partial charge in [0.05, 0.1) is 5.56 Å². The van der Waals surface area contributed by atoms with Gasteiger partial charge < -0.3 is 9.64 Å². The molecule has 1 aromatic heterocycles. The Balaban J connectivity index is 1.63. The lowest BCUT2D eigenvalue weighted by molar-refractivity contribution is -0.148. The first kappa shape index (κ1) is 14.1. The lowest BCUT2D eigenvalue weighted by Crippen LogP contribution is -2.37. The van der Waals surface area contributed by atoms with E-state index in [1.54, 1.807) is 11.3 Å². The van der Waals surface area contributed by atoms with Gasteiger partial charge in [-0.1, -0.05) is 0 Å². The first-order chi connectivity index (χ1) is 10.2. The molecule has 5 nitrogen and oxygen atoms in total. The van der Waals surface area contributed by atoms with Gasteiger partial charge in [-0.15, -0.1) is 11.3 Å². The zero-order valence-corrected chi connectivity index (χ0v) is 12.4. The highest BCUT2D eigenvalue weighted by Crippen LogP contribution is 2.34. The summed E-state index contributed by atoms with van der Waals surface area (Å²) in [4.78, 5) is 27.0. The third-order valence-corrected chi connectivity index (χ3v) is 4.83. The van der Waals surface area contributed by atoms with Gasteiger partial charge in [-0.05, 0) is 37.1 Å². The fourth-order valence-electron chi connectivity index (χ4n) is 2.54. The van der Waals surface area contributed by atoms with Gasteiger partial charge in [-0.25, -0.2) is 0 Å². The minimum Gasteiger partial charge on any atom is -0.445 e. The third-order valence-electron chi connectivity index (χ3n) is 3.85. The van der Waals surface area contributed by atoms with Crippen molar-refractivity contribution in [2.75, 3.05) is 13.1 Å². The zero-order valence-electron chi connectivity index (χ0n) is 11.6. The molecule has 1 atom stereocenters. The molecular formula is C15H16N2O3S. The molecule has 2 aliphatic rings. The largest absolute Gasteiger partial charge is 0.445 e. The summed E-state index contributed by atoms with van der Waals surface area (Å²) in [6.07, 6.45) is 2.93. The van der Waals surface area contributed by atoms with Crippen molar-refractivity contribution in [2.45, 2.75) is 31.8 Å². The number of nitriles is 1. The fraction of sp³-hybridized carbons (Fsp3) is 0.533. The number of rotatable bonds is 4. The maximum absolute atomic E-state index is 12.4. The summed E-state index contributed by atoms with van der Waals surface area (Å²) in [5.41, 5.74) is 0.698. The summed E-state index contributed by atoms with van der Waals surface area (Å²) in [5.74, 6) is -0.414. The number of thiophene rings is 1. The molecule has 6 heteroatoms. The van der Waals surface area contributed by atoms with Crippen LogP contribution < -0.4 is 0 Å². The minimum absolute atomic E-state index is 0.0704. The minimum atomic E-state index is -0.656. The van der Waals surface area contributed by atoms with Crippen LogP contribution in [0.2, 0.25) is 0 Å². The van der Waals surface area contributed by atoms with Crippen LogP contribution in [0, 0.1) is 17.2 Å². The Morgan fingerprint density at radius 1 is 1.57 bits per heavy atom. The Bertz CT molecular complexity index is 600.